The van der Waals surface area contributed by atoms with E-state index in [2.05, 4.69) is 58.3 Å². The van der Waals surface area contributed by atoms with Crippen molar-refractivity contribution in [2.75, 3.05) is 31.4 Å². The number of aryl methyl sites for hydroxylation is 1. The summed E-state index contributed by atoms with van der Waals surface area (Å²) in [4.78, 5) is 11.3. The Morgan fingerprint density at radius 3 is 2.25 bits per heavy atom. The summed E-state index contributed by atoms with van der Waals surface area (Å²) in [7, 11) is 5.98. The zero-order valence-electron chi connectivity index (χ0n) is 12.9. The van der Waals surface area contributed by atoms with Crippen molar-refractivity contribution in [2.24, 2.45) is 0 Å². The van der Waals surface area contributed by atoms with Gasteiger partial charge in [0.05, 0.1) is 5.69 Å². The van der Waals surface area contributed by atoms with E-state index in [0.29, 0.717) is 0 Å². The second-order valence-corrected chi connectivity index (χ2v) is 5.01. The van der Waals surface area contributed by atoms with E-state index in [1.54, 1.807) is 0 Å². The van der Waals surface area contributed by atoms with Crippen LogP contribution in [0.4, 0.5) is 11.5 Å². The largest absolute Gasteiger partial charge is 0.378 e. The van der Waals surface area contributed by atoms with Gasteiger partial charge in [0.15, 0.2) is 0 Å². The molecule has 0 aliphatic carbocycles. The lowest BCUT2D eigenvalue weighted by Gasteiger charge is -2.14. The van der Waals surface area contributed by atoms with Crippen LogP contribution in [0.5, 0.6) is 0 Å². The molecule has 0 aliphatic heterocycles. The molecule has 4 nitrogen and oxygen atoms in total. The fraction of sp³-hybridized carbons (Fsp3) is 0.375. The summed E-state index contributed by atoms with van der Waals surface area (Å²) in [6.07, 6.45) is 0.831. The van der Waals surface area contributed by atoms with E-state index in [0.717, 1.165) is 34.9 Å². The fourth-order valence-electron chi connectivity index (χ4n) is 2.16. The molecule has 2 rings (SSSR count). The maximum Gasteiger partial charge on any atom is 0.132 e. The Bertz CT molecular complexity index is 588. The number of nitrogens with one attached hydrogen (secondary N) is 1. The quantitative estimate of drug-likeness (QED) is 0.926. The van der Waals surface area contributed by atoms with Crippen molar-refractivity contribution in [3.05, 3.63) is 35.7 Å². The molecule has 1 aromatic carbocycles. The van der Waals surface area contributed by atoms with E-state index in [1.165, 1.54) is 5.69 Å². The van der Waals surface area contributed by atoms with Crippen LogP contribution < -0.4 is 10.2 Å². The average Bonchev–Trinajstić information content (AvgIpc) is 2.47. The van der Waals surface area contributed by atoms with Gasteiger partial charge in [0.1, 0.15) is 11.6 Å². The van der Waals surface area contributed by atoms with Gasteiger partial charge in [-0.2, -0.15) is 0 Å². The molecule has 0 saturated carbocycles. The first-order chi connectivity index (χ1) is 9.56. The van der Waals surface area contributed by atoms with Gasteiger partial charge in [-0.15, -0.1) is 0 Å². The maximum atomic E-state index is 4.68. The lowest BCUT2D eigenvalue weighted by Crippen LogP contribution is -2.08. The first-order valence-corrected chi connectivity index (χ1v) is 6.89. The molecule has 0 fully saturated rings. The average molecular weight is 270 g/mol. The van der Waals surface area contributed by atoms with Crippen LogP contribution in [0.15, 0.2) is 24.3 Å². The highest BCUT2D eigenvalue weighted by atomic mass is 15.1. The SMILES string of the molecule is CCc1nc(NC)c(C)c(-c2ccc(N(C)C)cc2)n1. The number of rotatable bonds is 4. The van der Waals surface area contributed by atoms with Crippen molar-refractivity contribution < 1.29 is 0 Å². The third kappa shape index (κ3) is 2.74. The highest BCUT2D eigenvalue weighted by Crippen LogP contribution is 2.27. The van der Waals surface area contributed by atoms with Crippen LogP contribution in [0.1, 0.15) is 18.3 Å². The fourth-order valence-corrected chi connectivity index (χ4v) is 2.16. The van der Waals surface area contributed by atoms with E-state index in [-0.39, 0.29) is 0 Å². The topological polar surface area (TPSA) is 41.1 Å². The van der Waals surface area contributed by atoms with Gasteiger partial charge in [-0.25, -0.2) is 9.97 Å². The predicted octanol–water partition coefficient (Wildman–Crippen LogP) is 3.12. The molecule has 1 N–H and O–H groups in total. The smallest absolute Gasteiger partial charge is 0.132 e. The van der Waals surface area contributed by atoms with Gasteiger partial charge < -0.3 is 10.2 Å². The van der Waals surface area contributed by atoms with Gasteiger partial charge in [0.25, 0.3) is 0 Å². The molecule has 0 atom stereocenters. The molecule has 1 aromatic heterocycles. The molecule has 0 spiro atoms. The Balaban J connectivity index is 2.50. The predicted molar refractivity (Wildman–Crippen MR) is 85.5 cm³/mol. The zero-order valence-corrected chi connectivity index (χ0v) is 12.9. The summed E-state index contributed by atoms with van der Waals surface area (Å²) in [5.74, 6) is 1.77. The molecule has 0 amide bonds. The van der Waals surface area contributed by atoms with Gasteiger partial charge in [-0.1, -0.05) is 19.1 Å². The second-order valence-electron chi connectivity index (χ2n) is 5.01. The third-order valence-electron chi connectivity index (χ3n) is 3.40. The van der Waals surface area contributed by atoms with Gasteiger partial charge in [0, 0.05) is 44.4 Å². The monoisotopic (exact) mass is 270 g/mol. The van der Waals surface area contributed by atoms with Crippen molar-refractivity contribution in [3.8, 4) is 11.3 Å². The molecule has 0 saturated heterocycles. The third-order valence-corrected chi connectivity index (χ3v) is 3.40. The number of benzene rings is 1. The minimum Gasteiger partial charge on any atom is -0.378 e. The Morgan fingerprint density at radius 1 is 1.10 bits per heavy atom. The Kier molecular flexibility index (Phi) is 4.23. The molecule has 0 bridgehead atoms. The first-order valence-electron chi connectivity index (χ1n) is 6.89. The molecule has 1 heterocycles. The van der Waals surface area contributed by atoms with E-state index in [1.807, 2.05) is 21.1 Å². The summed E-state index contributed by atoms with van der Waals surface area (Å²) in [6.45, 7) is 4.13. The summed E-state index contributed by atoms with van der Waals surface area (Å²) in [5.41, 5.74) is 4.40. The summed E-state index contributed by atoms with van der Waals surface area (Å²) in [5, 5.41) is 3.15. The van der Waals surface area contributed by atoms with Crippen LogP contribution in [0, 0.1) is 6.92 Å². The molecule has 0 unspecified atom stereocenters. The van der Waals surface area contributed by atoms with E-state index in [9.17, 15) is 0 Å². The molecular weight excluding hydrogens is 248 g/mol. The van der Waals surface area contributed by atoms with Crippen molar-refractivity contribution in [1.82, 2.24) is 9.97 Å². The standard InChI is InChI=1S/C16H22N4/c1-6-14-18-15(11(2)16(17-3)19-14)12-7-9-13(10-8-12)20(4)5/h7-10H,6H2,1-5H3,(H,17,18,19). The first kappa shape index (κ1) is 14.3. The molecule has 106 valence electrons. The van der Waals surface area contributed by atoms with Gasteiger partial charge in [-0.05, 0) is 19.1 Å². The summed E-state index contributed by atoms with van der Waals surface area (Å²) in [6, 6.07) is 8.45. The van der Waals surface area contributed by atoms with Gasteiger partial charge in [0.2, 0.25) is 0 Å². The van der Waals surface area contributed by atoms with E-state index < -0.39 is 0 Å². The maximum absolute atomic E-state index is 4.68. The summed E-state index contributed by atoms with van der Waals surface area (Å²) >= 11 is 0. The Morgan fingerprint density at radius 2 is 1.75 bits per heavy atom. The van der Waals surface area contributed by atoms with Crippen molar-refractivity contribution in [3.63, 3.8) is 0 Å². The van der Waals surface area contributed by atoms with Crippen molar-refractivity contribution >= 4 is 11.5 Å². The second kappa shape index (κ2) is 5.90. The van der Waals surface area contributed by atoms with Crippen LogP contribution in [0.2, 0.25) is 0 Å². The van der Waals surface area contributed by atoms with Crippen LogP contribution in [0.25, 0.3) is 11.3 Å². The minimum atomic E-state index is 0.831. The highest BCUT2D eigenvalue weighted by Gasteiger charge is 2.11. The number of aromatic nitrogens is 2. The molecular formula is C16H22N4. The molecule has 0 radical (unpaired) electrons. The van der Waals surface area contributed by atoms with Gasteiger partial charge in [-0.3, -0.25) is 0 Å². The number of hydrogen-bond donors (Lipinski definition) is 1. The van der Waals surface area contributed by atoms with Crippen LogP contribution in [-0.4, -0.2) is 31.1 Å². The Labute approximate surface area is 120 Å². The van der Waals surface area contributed by atoms with E-state index >= 15 is 0 Å². The lowest BCUT2D eigenvalue weighted by molar-refractivity contribution is 0.936. The van der Waals surface area contributed by atoms with Crippen molar-refractivity contribution in [1.29, 1.82) is 0 Å². The lowest BCUT2D eigenvalue weighted by atomic mass is 10.1. The van der Waals surface area contributed by atoms with Crippen LogP contribution in [-0.2, 0) is 6.42 Å². The number of hydrogen-bond acceptors (Lipinski definition) is 4. The van der Waals surface area contributed by atoms with Crippen molar-refractivity contribution in [2.45, 2.75) is 20.3 Å². The normalized spacial score (nSPS) is 10.4. The Hall–Kier alpha value is -2.10. The minimum absolute atomic E-state index is 0.831. The van der Waals surface area contributed by atoms with Crippen LogP contribution >= 0.6 is 0 Å². The molecule has 4 heteroatoms. The van der Waals surface area contributed by atoms with Gasteiger partial charge >= 0.3 is 0 Å². The number of nitrogens with zero attached hydrogens (tertiary/aromatic N) is 3. The number of anilines is 2. The molecule has 0 aliphatic rings. The van der Waals surface area contributed by atoms with Crippen LogP contribution in [0.3, 0.4) is 0 Å². The van der Waals surface area contributed by atoms with E-state index in [4.69, 9.17) is 0 Å². The molecule has 20 heavy (non-hydrogen) atoms. The summed E-state index contributed by atoms with van der Waals surface area (Å²) < 4.78 is 0. The zero-order chi connectivity index (χ0) is 14.7. The molecule has 2 aromatic rings. The highest BCUT2D eigenvalue weighted by molar-refractivity contribution is 5.69.